The predicted molar refractivity (Wildman–Crippen MR) is 78.7 cm³/mol. The highest BCUT2D eigenvalue weighted by atomic mass is 32.2. The van der Waals surface area contributed by atoms with Crippen molar-refractivity contribution in [2.45, 2.75) is 43.0 Å². The van der Waals surface area contributed by atoms with E-state index in [1.807, 2.05) is 6.92 Å². The summed E-state index contributed by atoms with van der Waals surface area (Å²) in [5, 5.41) is 8.15. The number of primary sulfonamides is 1. The molecular weight excluding hydrogens is 292 g/mol. The van der Waals surface area contributed by atoms with Gasteiger partial charge in [-0.05, 0) is 43.9 Å². The van der Waals surface area contributed by atoms with Crippen molar-refractivity contribution in [2.24, 2.45) is 5.14 Å². The van der Waals surface area contributed by atoms with Gasteiger partial charge in [-0.25, -0.2) is 13.6 Å². The Hall–Kier alpha value is -1.60. The van der Waals surface area contributed by atoms with Crippen LogP contribution >= 0.6 is 0 Å². The van der Waals surface area contributed by atoms with Crippen LogP contribution in [0.25, 0.3) is 0 Å². The molecule has 0 radical (unpaired) electrons. The van der Waals surface area contributed by atoms with Crippen molar-refractivity contribution in [3.63, 3.8) is 0 Å². The second-order valence-corrected chi connectivity index (χ2v) is 6.88. The molecule has 6 nitrogen and oxygen atoms in total. The van der Waals surface area contributed by atoms with Gasteiger partial charge in [0, 0.05) is 11.1 Å². The fourth-order valence-corrected chi connectivity index (χ4v) is 3.25. The first-order chi connectivity index (χ1) is 9.81. The number of sulfonamides is 1. The number of ether oxygens (including phenoxy) is 1. The lowest BCUT2D eigenvalue weighted by molar-refractivity contribution is 0.0820. The highest BCUT2D eigenvalue weighted by molar-refractivity contribution is 7.89. The fourth-order valence-electron chi connectivity index (χ4n) is 2.52. The molecule has 21 heavy (non-hydrogen) atoms. The van der Waals surface area contributed by atoms with E-state index in [9.17, 15) is 13.2 Å². The smallest absolute Gasteiger partial charge is 0.251 e. The van der Waals surface area contributed by atoms with Crippen LogP contribution in [0.15, 0.2) is 23.1 Å². The van der Waals surface area contributed by atoms with Crippen molar-refractivity contribution >= 4 is 15.9 Å². The van der Waals surface area contributed by atoms with Gasteiger partial charge in [-0.15, -0.1) is 0 Å². The predicted octanol–water partition coefficient (Wildman–Crippen LogP) is 1.41. The molecule has 0 saturated heterocycles. The van der Waals surface area contributed by atoms with Gasteiger partial charge in [0.2, 0.25) is 10.0 Å². The number of carbonyl (C=O) groups excluding carboxylic acids is 1. The molecule has 0 aromatic heterocycles. The number of nitrogens with two attached hydrogens (primary N) is 1. The second-order valence-electron chi connectivity index (χ2n) is 5.35. The highest BCUT2D eigenvalue weighted by Crippen LogP contribution is 2.35. The Kier molecular flexibility index (Phi) is 4.25. The van der Waals surface area contributed by atoms with Crippen molar-refractivity contribution in [3.05, 3.63) is 23.8 Å². The monoisotopic (exact) mass is 312 g/mol. The molecule has 3 N–H and O–H groups in total. The van der Waals surface area contributed by atoms with Crippen LogP contribution in [-0.4, -0.2) is 27.0 Å². The molecule has 116 valence electrons. The van der Waals surface area contributed by atoms with E-state index >= 15 is 0 Å². The molecule has 7 heteroatoms. The average molecular weight is 312 g/mol. The molecule has 1 aromatic carbocycles. The Bertz CT molecular complexity index is 645. The maximum Gasteiger partial charge on any atom is 0.251 e. The zero-order valence-corrected chi connectivity index (χ0v) is 13.0. The summed E-state index contributed by atoms with van der Waals surface area (Å²) >= 11 is 0. The van der Waals surface area contributed by atoms with Crippen LogP contribution in [0.3, 0.4) is 0 Å². The zero-order valence-electron chi connectivity index (χ0n) is 12.2. The molecular formula is C14H20N2O4S. The Morgan fingerprint density at radius 3 is 2.52 bits per heavy atom. The molecule has 0 atom stereocenters. The molecule has 0 bridgehead atoms. The SMILES string of the molecule is CCC1(NC(=O)c2ccc(OC)c(S(N)(=O)=O)c2)CCC1. The molecule has 1 fully saturated rings. The second kappa shape index (κ2) is 5.65. The van der Waals surface area contributed by atoms with E-state index in [2.05, 4.69) is 5.32 Å². The molecule has 1 aliphatic rings. The molecule has 2 rings (SSSR count). The van der Waals surface area contributed by atoms with E-state index < -0.39 is 10.0 Å². The highest BCUT2D eigenvalue weighted by Gasteiger charge is 2.36. The van der Waals surface area contributed by atoms with Crippen molar-refractivity contribution < 1.29 is 17.9 Å². The fraction of sp³-hybridized carbons (Fsp3) is 0.500. The Morgan fingerprint density at radius 1 is 1.43 bits per heavy atom. The molecule has 1 amide bonds. The number of hydrogen-bond donors (Lipinski definition) is 2. The van der Waals surface area contributed by atoms with Crippen LogP contribution in [-0.2, 0) is 10.0 Å². The van der Waals surface area contributed by atoms with Crippen LogP contribution in [0.2, 0.25) is 0 Å². The van der Waals surface area contributed by atoms with Gasteiger partial charge in [-0.2, -0.15) is 0 Å². The summed E-state index contributed by atoms with van der Waals surface area (Å²) in [6.07, 6.45) is 3.86. The molecule has 1 saturated carbocycles. The molecule has 0 aliphatic heterocycles. The van der Waals surface area contributed by atoms with Gasteiger partial charge >= 0.3 is 0 Å². The van der Waals surface area contributed by atoms with Gasteiger partial charge in [0.15, 0.2) is 0 Å². The first kappa shape index (κ1) is 15.8. The standard InChI is InChI=1S/C14H20N2O4S/c1-3-14(7-4-8-14)16-13(17)10-5-6-11(20-2)12(9-10)21(15,18)19/h5-6,9H,3-4,7-8H2,1-2H3,(H,16,17)(H2,15,18,19). The molecule has 0 spiro atoms. The summed E-state index contributed by atoms with van der Waals surface area (Å²) in [6, 6.07) is 4.23. The van der Waals surface area contributed by atoms with Crippen LogP contribution in [0.5, 0.6) is 5.75 Å². The minimum Gasteiger partial charge on any atom is -0.495 e. The van der Waals surface area contributed by atoms with E-state index in [4.69, 9.17) is 9.88 Å². The van der Waals surface area contributed by atoms with E-state index in [1.165, 1.54) is 25.3 Å². The summed E-state index contributed by atoms with van der Waals surface area (Å²) < 4.78 is 28.1. The Morgan fingerprint density at radius 2 is 2.10 bits per heavy atom. The summed E-state index contributed by atoms with van der Waals surface area (Å²) in [7, 11) is -2.60. The van der Waals surface area contributed by atoms with Crippen LogP contribution in [0, 0.1) is 0 Å². The van der Waals surface area contributed by atoms with Gasteiger partial charge in [-0.1, -0.05) is 6.92 Å². The maximum atomic E-state index is 12.3. The quantitative estimate of drug-likeness (QED) is 0.858. The lowest BCUT2D eigenvalue weighted by atomic mass is 9.74. The minimum absolute atomic E-state index is 0.128. The van der Waals surface area contributed by atoms with Crippen molar-refractivity contribution in [1.82, 2.24) is 5.32 Å². The van der Waals surface area contributed by atoms with Gasteiger partial charge in [0.05, 0.1) is 7.11 Å². The largest absolute Gasteiger partial charge is 0.495 e. The average Bonchev–Trinajstić information content (AvgIpc) is 2.41. The third-order valence-electron chi connectivity index (χ3n) is 4.10. The van der Waals surface area contributed by atoms with Crippen molar-refractivity contribution in [3.8, 4) is 5.75 Å². The summed E-state index contributed by atoms with van der Waals surface area (Å²) in [6.45, 7) is 2.03. The molecule has 0 unspecified atom stereocenters. The first-order valence-corrected chi connectivity index (χ1v) is 8.39. The maximum absolute atomic E-state index is 12.3. The van der Waals surface area contributed by atoms with Crippen LogP contribution in [0.1, 0.15) is 43.0 Å². The van der Waals surface area contributed by atoms with Gasteiger partial charge in [-0.3, -0.25) is 4.79 Å². The normalized spacial score (nSPS) is 16.9. The van der Waals surface area contributed by atoms with E-state index in [1.54, 1.807) is 0 Å². The van der Waals surface area contributed by atoms with Gasteiger partial charge in [0.1, 0.15) is 10.6 Å². The number of nitrogens with one attached hydrogen (secondary N) is 1. The molecule has 0 heterocycles. The third-order valence-corrected chi connectivity index (χ3v) is 5.03. The molecule has 1 aliphatic carbocycles. The van der Waals surface area contributed by atoms with Crippen molar-refractivity contribution in [2.75, 3.05) is 7.11 Å². The Labute approximate surface area is 124 Å². The lowest BCUT2D eigenvalue weighted by Gasteiger charge is -2.42. The van der Waals surface area contributed by atoms with Crippen molar-refractivity contribution in [1.29, 1.82) is 0 Å². The zero-order chi connectivity index (χ0) is 15.7. The van der Waals surface area contributed by atoms with E-state index in [0.29, 0.717) is 0 Å². The topological polar surface area (TPSA) is 98.5 Å². The third kappa shape index (κ3) is 3.19. The van der Waals surface area contributed by atoms with Gasteiger partial charge < -0.3 is 10.1 Å². The van der Waals surface area contributed by atoms with Crippen LogP contribution in [0.4, 0.5) is 0 Å². The first-order valence-electron chi connectivity index (χ1n) is 6.85. The summed E-state index contributed by atoms with van der Waals surface area (Å²) in [5.41, 5.74) is 0.109. The lowest BCUT2D eigenvalue weighted by Crippen LogP contribution is -2.53. The number of methoxy groups -OCH3 is 1. The number of rotatable bonds is 5. The number of carbonyl (C=O) groups is 1. The van der Waals surface area contributed by atoms with Gasteiger partial charge in [0.25, 0.3) is 5.91 Å². The van der Waals surface area contributed by atoms with E-state index in [-0.39, 0.29) is 27.7 Å². The number of hydrogen-bond acceptors (Lipinski definition) is 4. The summed E-state index contributed by atoms with van der Waals surface area (Å²) in [5.74, 6) is -0.160. The Balaban J connectivity index is 2.30. The van der Waals surface area contributed by atoms with E-state index in [0.717, 1.165) is 25.7 Å². The number of benzene rings is 1. The molecule has 1 aromatic rings. The van der Waals surface area contributed by atoms with Crippen LogP contribution < -0.4 is 15.2 Å². The summed E-state index contributed by atoms with van der Waals surface area (Å²) in [4.78, 5) is 12.1. The number of amides is 1. The minimum atomic E-state index is -3.95.